The number of hydrogen-bond acceptors (Lipinski definition) is 5. The highest BCUT2D eigenvalue weighted by atomic mass is 16.5. The van der Waals surface area contributed by atoms with Gasteiger partial charge in [0.1, 0.15) is 17.0 Å². The number of aromatic nitrogens is 2. The highest BCUT2D eigenvalue weighted by Gasteiger charge is 2.46. The topological polar surface area (TPSA) is 106 Å². The van der Waals surface area contributed by atoms with Crippen molar-refractivity contribution < 1.29 is 19.1 Å². The summed E-state index contributed by atoms with van der Waals surface area (Å²) in [6, 6.07) is 8.86. The van der Waals surface area contributed by atoms with Gasteiger partial charge in [0, 0.05) is 31.8 Å². The van der Waals surface area contributed by atoms with Crippen LogP contribution in [-0.2, 0) is 17.9 Å². The Morgan fingerprint density at radius 1 is 1.25 bits per heavy atom. The summed E-state index contributed by atoms with van der Waals surface area (Å²) in [4.78, 5) is 40.0. The van der Waals surface area contributed by atoms with E-state index in [0.29, 0.717) is 18.2 Å². The van der Waals surface area contributed by atoms with Gasteiger partial charge in [-0.05, 0) is 25.3 Å². The van der Waals surface area contributed by atoms with Gasteiger partial charge in [0.05, 0.1) is 13.7 Å². The van der Waals surface area contributed by atoms with E-state index in [9.17, 15) is 14.4 Å². The minimum absolute atomic E-state index is 0.126. The second kappa shape index (κ2) is 9.42. The Labute approximate surface area is 188 Å². The van der Waals surface area contributed by atoms with Gasteiger partial charge in [-0.3, -0.25) is 19.1 Å². The molecular weight excluding hydrogens is 410 g/mol. The van der Waals surface area contributed by atoms with Crippen molar-refractivity contribution in [1.82, 2.24) is 25.3 Å². The van der Waals surface area contributed by atoms with Crippen LogP contribution < -0.4 is 15.4 Å². The van der Waals surface area contributed by atoms with E-state index in [1.807, 2.05) is 24.3 Å². The molecule has 2 N–H and O–H groups in total. The van der Waals surface area contributed by atoms with Crippen LogP contribution >= 0.6 is 0 Å². The number of methoxy groups -OCH3 is 1. The van der Waals surface area contributed by atoms with Crippen molar-refractivity contribution in [2.75, 3.05) is 20.7 Å². The van der Waals surface area contributed by atoms with Gasteiger partial charge in [0.15, 0.2) is 5.69 Å². The molecule has 0 saturated carbocycles. The predicted octanol–water partition coefficient (Wildman–Crippen LogP) is 1.83. The highest BCUT2D eigenvalue weighted by molar-refractivity contribution is 6.01. The van der Waals surface area contributed by atoms with Crippen LogP contribution in [0.25, 0.3) is 0 Å². The monoisotopic (exact) mass is 441 g/mol. The molecule has 9 nitrogen and oxygen atoms in total. The summed E-state index contributed by atoms with van der Waals surface area (Å²) in [6.07, 6.45) is 0.850. The number of rotatable bonds is 8. The standard InChI is InChI=1S/C23H31N5O4/c1-15(2)10-11-24-22(31)23(3)14-28-18(21(30)27(23)4)12-17(26-28)20(29)25-13-16-8-6-7-9-19(16)32-5/h6-9,12,15H,10-11,13-14H2,1-5H3,(H,24,31)(H,25,29)/t23-/m1/s1. The molecular formula is C23H31N5O4. The van der Waals surface area contributed by atoms with E-state index >= 15 is 0 Å². The smallest absolute Gasteiger partial charge is 0.272 e. The fourth-order valence-corrected chi connectivity index (χ4v) is 3.62. The zero-order valence-corrected chi connectivity index (χ0v) is 19.3. The largest absolute Gasteiger partial charge is 0.496 e. The number of benzene rings is 1. The quantitative estimate of drug-likeness (QED) is 0.650. The second-order valence-electron chi connectivity index (χ2n) is 8.64. The number of fused-ring (bicyclic) bond motifs is 1. The van der Waals surface area contributed by atoms with Gasteiger partial charge in [-0.15, -0.1) is 0 Å². The number of nitrogens with one attached hydrogen (secondary N) is 2. The first kappa shape index (κ1) is 23.3. The number of nitrogens with zero attached hydrogens (tertiary/aromatic N) is 3. The Kier molecular flexibility index (Phi) is 6.86. The molecule has 1 aromatic heterocycles. The molecule has 0 aliphatic carbocycles. The Morgan fingerprint density at radius 3 is 2.66 bits per heavy atom. The lowest BCUT2D eigenvalue weighted by Gasteiger charge is -2.40. The first-order valence-corrected chi connectivity index (χ1v) is 10.7. The van der Waals surface area contributed by atoms with Gasteiger partial charge < -0.3 is 20.3 Å². The Hall–Kier alpha value is -3.36. The minimum Gasteiger partial charge on any atom is -0.496 e. The minimum atomic E-state index is -1.10. The summed E-state index contributed by atoms with van der Waals surface area (Å²) in [5, 5.41) is 10.1. The molecule has 0 spiro atoms. The van der Waals surface area contributed by atoms with E-state index in [4.69, 9.17) is 4.74 Å². The molecule has 2 aromatic rings. The molecule has 0 bridgehead atoms. The molecule has 1 aromatic carbocycles. The summed E-state index contributed by atoms with van der Waals surface area (Å²) in [5.74, 6) is 0.138. The molecule has 1 atom stereocenters. The Balaban J connectivity index is 1.73. The van der Waals surface area contributed by atoms with Crippen molar-refractivity contribution >= 4 is 17.7 Å². The van der Waals surface area contributed by atoms with E-state index in [0.717, 1.165) is 12.0 Å². The number of ether oxygens (including phenoxy) is 1. The SMILES string of the molecule is COc1ccccc1CNC(=O)c1cc2n(n1)C[C@](C)(C(=O)NCCC(C)C)N(C)C2=O. The van der Waals surface area contributed by atoms with E-state index in [1.54, 1.807) is 21.1 Å². The third-order valence-electron chi connectivity index (χ3n) is 5.86. The molecule has 2 heterocycles. The van der Waals surface area contributed by atoms with Crippen molar-refractivity contribution in [3.05, 3.63) is 47.3 Å². The average molecular weight is 442 g/mol. The van der Waals surface area contributed by atoms with E-state index in [1.165, 1.54) is 15.6 Å². The Morgan fingerprint density at radius 2 is 1.97 bits per heavy atom. The summed E-state index contributed by atoms with van der Waals surface area (Å²) in [6.45, 7) is 6.84. The lowest BCUT2D eigenvalue weighted by atomic mass is 9.95. The maximum Gasteiger partial charge on any atom is 0.272 e. The van der Waals surface area contributed by atoms with Gasteiger partial charge in [-0.2, -0.15) is 5.10 Å². The number of hydrogen-bond donors (Lipinski definition) is 2. The molecule has 0 fully saturated rings. The fourth-order valence-electron chi connectivity index (χ4n) is 3.62. The average Bonchev–Trinajstić information content (AvgIpc) is 3.19. The summed E-state index contributed by atoms with van der Waals surface area (Å²) in [5.41, 5.74) is 0.135. The number of carbonyl (C=O) groups excluding carboxylic acids is 3. The van der Waals surface area contributed by atoms with Crippen LogP contribution in [0.15, 0.2) is 30.3 Å². The number of carbonyl (C=O) groups is 3. The van der Waals surface area contributed by atoms with Crippen molar-refractivity contribution in [3.63, 3.8) is 0 Å². The molecule has 3 rings (SSSR count). The van der Waals surface area contributed by atoms with E-state index in [-0.39, 0.29) is 36.3 Å². The van der Waals surface area contributed by atoms with Gasteiger partial charge in [0.2, 0.25) is 5.91 Å². The van der Waals surface area contributed by atoms with Gasteiger partial charge in [-0.25, -0.2) is 0 Å². The van der Waals surface area contributed by atoms with Crippen molar-refractivity contribution in [1.29, 1.82) is 0 Å². The lowest BCUT2D eigenvalue weighted by Crippen LogP contribution is -2.62. The number of likely N-dealkylation sites (N-methyl/N-ethyl adjacent to an activating group) is 1. The zero-order valence-electron chi connectivity index (χ0n) is 19.3. The third-order valence-corrected chi connectivity index (χ3v) is 5.86. The first-order valence-electron chi connectivity index (χ1n) is 10.7. The normalized spacial score (nSPS) is 17.8. The predicted molar refractivity (Wildman–Crippen MR) is 119 cm³/mol. The lowest BCUT2D eigenvalue weighted by molar-refractivity contribution is -0.132. The second-order valence-corrected chi connectivity index (χ2v) is 8.64. The van der Waals surface area contributed by atoms with Crippen molar-refractivity contribution in [3.8, 4) is 5.75 Å². The van der Waals surface area contributed by atoms with Crippen LogP contribution in [0.4, 0.5) is 0 Å². The molecule has 32 heavy (non-hydrogen) atoms. The maximum absolute atomic E-state index is 13.0. The Bertz CT molecular complexity index is 1020. The van der Waals surface area contributed by atoms with Crippen LogP contribution in [0.5, 0.6) is 5.75 Å². The van der Waals surface area contributed by atoms with Crippen LogP contribution in [-0.4, -0.2) is 58.6 Å². The van der Waals surface area contributed by atoms with Gasteiger partial charge in [0.25, 0.3) is 11.8 Å². The summed E-state index contributed by atoms with van der Waals surface area (Å²) in [7, 11) is 3.17. The molecule has 172 valence electrons. The molecule has 9 heteroatoms. The molecule has 0 unspecified atom stereocenters. The van der Waals surface area contributed by atoms with Crippen LogP contribution in [0.2, 0.25) is 0 Å². The molecule has 1 aliphatic rings. The number of para-hydroxylation sites is 1. The van der Waals surface area contributed by atoms with Gasteiger partial charge in [-0.1, -0.05) is 32.0 Å². The van der Waals surface area contributed by atoms with Crippen LogP contribution in [0.3, 0.4) is 0 Å². The third kappa shape index (κ3) is 4.61. The molecule has 3 amide bonds. The van der Waals surface area contributed by atoms with Crippen LogP contribution in [0.1, 0.15) is 53.7 Å². The molecule has 0 saturated heterocycles. The summed E-state index contributed by atoms with van der Waals surface area (Å²) < 4.78 is 6.75. The van der Waals surface area contributed by atoms with Crippen molar-refractivity contribution in [2.24, 2.45) is 5.92 Å². The maximum atomic E-state index is 13.0. The van der Waals surface area contributed by atoms with Gasteiger partial charge >= 0.3 is 0 Å². The first-order chi connectivity index (χ1) is 15.2. The van der Waals surface area contributed by atoms with E-state index < -0.39 is 11.4 Å². The zero-order chi connectivity index (χ0) is 23.5. The summed E-state index contributed by atoms with van der Waals surface area (Å²) >= 11 is 0. The number of amides is 3. The molecule has 1 aliphatic heterocycles. The van der Waals surface area contributed by atoms with E-state index in [2.05, 4.69) is 29.6 Å². The molecule has 0 radical (unpaired) electrons. The van der Waals surface area contributed by atoms with Crippen LogP contribution in [0, 0.1) is 5.92 Å². The fraction of sp³-hybridized carbons (Fsp3) is 0.478. The highest BCUT2D eigenvalue weighted by Crippen LogP contribution is 2.26. The van der Waals surface area contributed by atoms with Crippen molar-refractivity contribution in [2.45, 2.75) is 45.8 Å².